The minimum Gasteiger partial charge on any atom is -0.378 e. The molecule has 0 bridgehead atoms. The molecule has 1 unspecified atom stereocenters. The highest BCUT2D eigenvalue weighted by molar-refractivity contribution is 9.10. The minimum atomic E-state index is -0.759. The van der Waals surface area contributed by atoms with Crippen LogP contribution in [0, 0.1) is 12.8 Å². The zero-order valence-electron chi connectivity index (χ0n) is 17.3. The molecule has 2 fully saturated rings. The van der Waals surface area contributed by atoms with Crippen molar-refractivity contribution in [3.8, 4) is 0 Å². The maximum atomic E-state index is 12.9. The predicted molar refractivity (Wildman–Crippen MR) is 121 cm³/mol. The summed E-state index contributed by atoms with van der Waals surface area (Å²) in [6.45, 7) is 4.45. The molecule has 1 N–H and O–H groups in total. The lowest BCUT2D eigenvalue weighted by molar-refractivity contribution is -0.129. The van der Waals surface area contributed by atoms with E-state index in [2.05, 4.69) is 21.2 Å². The van der Waals surface area contributed by atoms with E-state index in [1.54, 1.807) is 28.0 Å². The largest absolute Gasteiger partial charge is 0.378 e. The molecule has 2 heterocycles. The SMILES string of the molecule is Cc1c(NC(=O)C2CCN(c3ccccc3Br)C2=O)cccc1C(=O)N1CCOCC1. The van der Waals surface area contributed by atoms with Gasteiger partial charge in [0.05, 0.1) is 18.9 Å². The van der Waals surface area contributed by atoms with Gasteiger partial charge in [-0.1, -0.05) is 18.2 Å². The van der Waals surface area contributed by atoms with Gasteiger partial charge in [0.2, 0.25) is 11.8 Å². The van der Waals surface area contributed by atoms with Crippen molar-refractivity contribution in [3.63, 3.8) is 0 Å². The fourth-order valence-electron chi connectivity index (χ4n) is 3.99. The van der Waals surface area contributed by atoms with Crippen LogP contribution in [0.5, 0.6) is 0 Å². The molecule has 2 saturated heterocycles. The number of rotatable bonds is 4. The number of carbonyl (C=O) groups excluding carboxylic acids is 3. The Bertz CT molecular complexity index is 1020. The van der Waals surface area contributed by atoms with Gasteiger partial charge >= 0.3 is 0 Å². The summed E-state index contributed by atoms with van der Waals surface area (Å²) in [5.74, 6) is -1.40. The molecule has 8 heteroatoms. The molecule has 0 aliphatic carbocycles. The summed E-state index contributed by atoms with van der Waals surface area (Å²) in [4.78, 5) is 42.2. The second kappa shape index (κ2) is 9.20. The summed E-state index contributed by atoms with van der Waals surface area (Å²) >= 11 is 3.47. The average Bonchev–Trinajstić information content (AvgIpc) is 3.17. The third-order valence-electron chi connectivity index (χ3n) is 5.79. The molecule has 2 aliphatic rings. The summed E-state index contributed by atoms with van der Waals surface area (Å²) in [5.41, 5.74) is 2.56. The lowest BCUT2D eigenvalue weighted by Gasteiger charge is -2.27. The number of hydrogen-bond acceptors (Lipinski definition) is 4. The van der Waals surface area contributed by atoms with Crippen LogP contribution in [0.4, 0.5) is 11.4 Å². The van der Waals surface area contributed by atoms with Crippen molar-refractivity contribution < 1.29 is 19.1 Å². The minimum absolute atomic E-state index is 0.0751. The third-order valence-corrected chi connectivity index (χ3v) is 6.46. The van der Waals surface area contributed by atoms with E-state index in [-0.39, 0.29) is 17.7 Å². The van der Waals surface area contributed by atoms with E-state index >= 15 is 0 Å². The monoisotopic (exact) mass is 485 g/mol. The number of halogens is 1. The third kappa shape index (κ3) is 4.36. The van der Waals surface area contributed by atoms with Gasteiger partial charge < -0.3 is 19.9 Å². The first-order valence-electron chi connectivity index (χ1n) is 10.3. The van der Waals surface area contributed by atoms with Crippen molar-refractivity contribution in [3.05, 3.63) is 58.1 Å². The highest BCUT2D eigenvalue weighted by atomic mass is 79.9. The number of nitrogens with zero attached hydrogens (tertiary/aromatic N) is 2. The summed E-state index contributed by atoms with van der Waals surface area (Å²) in [6, 6.07) is 12.7. The summed E-state index contributed by atoms with van der Waals surface area (Å²) in [6.07, 6.45) is 0.442. The molecule has 0 aromatic heterocycles. The number of ether oxygens (including phenoxy) is 1. The van der Waals surface area contributed by atoms with Gasteiger partial charge in [-0.2, -0.15) is 0 Å². The van der Waals surface area contributed by atoms with Gasteiger partial charge in [0.15, 0.2) is 0 Å². The molecule has 2 aromatic rings. The van der Waals surface area contributed by atoms with Gasteiger partial charge in [-0.05, 0) is 59.1 Å². The fraction of sp³-hybridized carbons (Fsp3) is 0.348. The molecule has 1 atom stereocenters. The van der Waals surface area contributed by atoms with Crippen LogP contribution < -0.4 is 10.2 Å². The Morgan fingerprint density at radius 1 is 1.06 bits per heavy atom. The molecule has 3 amide bonds. The Morgan fingerprint density at radius 3 is 2.55 bits per heavy atom. The Morgan fingerprint density at radius 2 is 1.81 bits per heavy atom. The van der Waals surface area contributed by atoms with E-state index < -0.39 is 5.92 Å². The Balaban J connectivity index is 1.48. The quantitative estimate of drug-likeness (QED) is 0.674. The fourth-order valence-corrected chi connectivity index (χ4v) is 4.49. The topological polar surface area (TPSA) is 79.0 Å². The Kier molecular flexibility index (Phi) is 6.38. The molecule has 2 aromatic carbocycles. The summed E-state index contributed by atoms with van der Waals surface area (Å²) in [5, 5.41) is 2.87. The van der Waals surface area contributed by atoms with Gasteiger partial charge in [0.25, 0.3) is 5.91 Å². The van der Waals surface area contributed by atoms with Gasteiger partial charge in [-0.25, -0.2) is 0 Å². The second-order valence-electron chi connectivity index (χ2n) is 7.65. The molecule has 2 aliphatic heterocycles. The van der Waals surface area contributed by atoms with Crippen LogP contribution in [0.25, 0.3) is 0 Å². The van der Waals surface area contributed by atoms with Crippen molar-refractivity contribution in [2.24, 2.45) is 5.92 Å². The maximum absolute atomic E-state index is 12.9. The van der Waals surface area contributed by atoms with Crippen LogP contribution in [0.3, 0.4) is 0 Å². The van der Waals surface area contributed by atoms with Gasteiger partial charge in [0.1, 0.15) is 5.92 Å². The number of amides is 3. The lowest BCUT2D eigenvalue weighted by atomic mass is 10.0. The number of hydrogen-bond donors (Lipinski definition) is 1. The van der Waals surface area contributed by atoms with Crippen LogP contribution in [-0.4, -0.2) is 55.5 Å². The number of anilines is 2. The van der Waals surface area contributed by atoms with Crippen LogP contribution in [-0.2, 0) is 14.3 Å². The smallest absolute Gasteiger partial charge is 0.254 e. The normalized spacial score (nSPS) is 18.9. The van der Waals surface area contributed by atoms with Crippen molar-refractivity contribution in [2.45, 2.75) is 13.3 Å². The molecule has 0 radical (unpaired) electrons. The standard InChI is InChI=1S/C23H24BrN3O4/c1-15-16(22(29)26-11-13-31-14-12-26)5-4-7-19(15)25-21(28)17-9-10-27(23(17)30)20-8-3-2-6-18(20)24/h2-8,17H,9-14H2,1H3,(H,25,28). The molecular weight excluding hydrogens is 462 g/mol. The Labute approximate surface area is 189 Å². The van der Waals surface area contributed by atoms with Crippen molar-refractivity contribution >= 4 is 45.0 Å². The first kappa shape index (κ1) is 21.5. The number of benzene rings is 2. The highest BCUT2D eigenvalue weighted by Crippen LogP contribution is 2.32. The van der Waals surface area contributed by atoms with Gasteiger partial charge in [-0.3, -0.25) is 14.4 Å². The van der Waals surface area contributed by atoms with E-state index in [1.165, 1.54) is 0 Å². The van der Waals surface area contributed by atoms with Gasteiger partial charge in [0, 0.05) is 35.4 Å². The molecule has 7 nitrogen and oxygen atoms in total. The number of morpholine rings is 1. The zero-order chi connectivity index (χ0) is 22.0. The van der Waals surface area contributed by atoms with E-state index in [0.29, 0.717) is 56.1 Å². The van der Waals surface area contributed by atoms with Crippen molar-refractivity contribution in [2.75, 3.05) is 43.1 Å². The lowest BCUT2D eigenvalue weighted by Crippen LogP contribution is -2.41. The first-order valence-corrected chi connectivity index (χ1v) is 11.1. The van der Waals surface area contributed by atoms with Crippen LogP contribution >= 0.6 is 15.9 Å². The van der Waals surface area contributed by atoms with Crippen molar-refractivity contribution in [1.29, 1.82) is 0 Å². The predicted octanol–water partition coefficient (Wildman–Crippen LogP) is 3.22. The molecule has 4 rings (SSSR count). The number of carbonyl (C=O) groups is 3. The molecule has 31 heavy (non-hydrogen) atoms. The molecule has 0 spiro atoms. The van der Waals surface area contributed by atoms with Crippen molar-refractivity contribution in [1.82, 2.24) is 4.90 Å². The molecule has 162 valence electrons. The van der Waals surface area contributed by atoms with Gasteiger partial charge in [-0.15, -0.1) is 0 Å². The van der Waals surface area contributed by atoms with E-state index in [0.717, 1.165) is 10.2 Å². The highest BCUT2D eigenvalue weighted by Gasteiger charge is 2.38. The maximum Gasteiger partial charge on any atom is 0.254 e. The van der Waals surface area contributed by atoms with Crippen LogP contribution in [0.15, 0.2) is 46.9 Å². The first-order chi connectivity index (χ1) is 15.0. The zero-order valence-corrected chi connectivity index (χ0v) is 18.9. The summed E-state index contributed by atoms with van der Waals surface area (Å²) < 4.78 is 6.13. The van der Waals surface area contributed by atoms with E-state index in [4.69, 9.17) is 4.74 Å². The molecular formula is C23H24BrN3O4. The molecule has 0 saturated carbocycles. The summed E-state index contributed by atoms with van der Waals surface area (Å²) in [7, 11) is 0. The Hall–Kier alpha value is -2.71. The number of para-hydroxylation sites is 1. The average molecular weight is 486 g/mol. The van der Waals surface area contributed by atoms with E-state index in [9.17, 15) is 14.4 Å². The number of nitrogens with one attached hydrogen (secondary N) is 1. The van der Waals surface area contributed by atoms with Crippen LogP contribution in [0.1, 0.15) is 22.3 Å². The van der Waals surface area contributed by atoms with Crippen LogP contribution in [0.2, 0.25) is 0 Å². The second-order valence-corrected chi connectivity index (χ2v) is 8.51. The van der Waals surface area contributed by atoms with E-state index in [1.807, 2.05) is 31.2 Å².